The second kappa shape index (κ2) is 6.23. The van der Waals surface area contributed by atoms with Gasteiger partial charge in [-0.25, -0.2) is 4.98 Å². The summed E-state index contributed by atoms with van der Waals surface area (Å²) in [5.41, 5.74) is 0.270. The maximum Gasteiger partial charge on any atom is 0.126 e. The van der Waals surface area contributed by atoms with Gasteiger partial charge in [-0.1, -0.05) is 19.8 Å². The van der Waals surface area contributed by atoms with Crippen LogP contribution in [0.15, 0.2) is 22.8 Å². The Morgan fingerprint density at radius 3 is 2.84 bits per heavy atom. The average molecular weight is 326 g/mol. The number of likely N-dealkylation sites (N-methyl/N-ethyl adjacent to an activating group) is 1. The van der Waals surface area contributed by atoms with Crippen LogP contribution in [0, 0.1) is 5.92 Å². The highest BCUT2D eigenvalue weighted by Crippen LogP contribution is 2.35. The lowest BCUT2D eigenvalue weighted by atomic mass is 9.75. The molecule has 0 saturated heterocycles. The van der Waals surface area contributed by atoms with E-state index in [-0.39, 0.29) is 5.54 Å². The van der Waals surface area contributed by atoms with Crippen molar-refractivity contribution in [1.82, 2.24) is 9.88 Å². The number of nitrogens with one attached hydrogen (secondary N) is 1. The molecule has 1 N–H and O–H groups in total. The predicted molar refractivity (Wildman–Crippen MR) is 84.5 cm³/mol. The zero-order valence-electron chi connectivity index (χ0n) is 12.1. The van der Waals surface area contributed by atoms with Crippen LogP contribution in [0.1, 0.15) is 32.6 Å². The van der Waals surface area contributed by atoms with Gasteiger partial charge in [0.15, 0.2) is 0 Å². The summed E-state index contributed by atoms with van der Waals surface area (Å²) in [6.07, 6.45) is 7.08. The SMILES string of the molecule is CC1CCCC(CNc2ccc(Br)cn2)(N(C)C)C1. The molecule has 1 fully saturated rings. The molecule has 4 heteroatoms. The lowest BCUT2D eigenvalue weighted by Crippen LogP contribution is -2.52. The summed E-state index contributed by atoms with van der Waals surface area (Å²) in [6, 6.07) is 4.06. The van der Waals surface area contributed by atoms with Crippen molar-refractivity contribution >= 4 is 21.7 Å². The van der Waals surface area contributed by atoms with Crippen LogP contribution in [-0.2, 0) is 0 Å². The third-order valence-corrected chi connectivity index (χ3v) is 4.81. The molecule has 1 aliphatic carbocycles. The van der Waals surface area contributed by atoms with Gasteiger partial charge in [-0.3, -0.25) is 0 Å². The number of hydrogen-bond acceptors (Lipinski definition) is 3. The third-order valence-electron chi connectivity index (χ3n) is 4.34. The fourth-order valence-electron chi connectivity index (χ4n) is 3.09. The van der Waals surface area contributed by atoms with Crippen molar-refractivity contribution in [2.24, 2.45) is 5.92 Å². The summed E-state index contributed by atoms with van der Waals surface area (Å²) in [6.45, 7) is 3.34. The third kappa shape index (κ3) is 3.69. The van der Waals surface area contributed by atoms with Gasteiger partial charge in [0.05, 0.1) is 0 Å². The molecule has 2 atom stereocenters. The molecule has 0 spiro atoms. The summed E-state index contributed by atoms with van der Waals surface area (Å²) in [5.74, 6) is 1.78. The average Bonchev–Trinajstić information content (AvgIpc) is 2.38. The van der Waals surface area contributed by atoms with Crippen LogP contribution in [0.25, 0.3) is 0 Å². The first-order valence-corrected chi connectivity index (χ1v) is 7.84. The Morgan fingerprint density at radius 2 is 2.26 bits per heavy atom. The van der Waals surface area contributed by atoms with Crippen molar-refractivity contribution in [3.8, 4) is 0 Å². The van der Waals surface area contributed by atoms with Crippen molar-refractivity contribution in [2.45, 2.75) is 38.1 Å². The minimum Gasteiger partial charge on any atom is -0.368 e. The molecule has 0 aromatic carbocycles. The lowest BCUT2D eigenvalue weighted by Gasteiger charge is -2.45. The predicted octanol–water partition coefficient (Wildman–Crippen LogP) is 3.77. The first-order chi connectivity index (χ1) is 9.02. The van der Waals surface area contributed by atoms with Crippen molar-refractivity contribution in [2.75, 3.05) is 26.0 Å². The normalized spacial score (nSPS) is 27.5. The molecule has 2 unspecified atom stereocenters. The number of aromatic nitrogens is 1. The minimum atomic E-state index is 0.270. The Morgan fingerprint density at radius 1 is 1.47 bits per heavy atom. The molecule has 1 aliphatic rings. The molecule has 2 rings (SSSR count). The molecule has 0 amide bonds. The van der Waals surface area contributed by atoms with Crippen LogP contribution in [0.2, 0.25) is 0 Å². The zero-order chi connectivity index (χ0) is 13.9. The number of nitrogens with zero attached hydrogens (tertiary/aromatic N) is 2. The van der Waals surface area contributed by atoms with Crippen LogP contribution < -0.4 is 5.32 Å². The Labute approximate surface area is 124 Å². The van der Waals surface area contributed by atoms with E-state index >= 15 is 0 Å². The second-order valence-corrected chi connectivity index (χ2v) is 6.95. The second-order valence-electron chi connectivity index (χ2n) is 6.04. The van der Waals surface area contributed by atoms with Gasteiger partial charge in [0.1, 0.15) is 5.82 Å². The zero-order valence-corrected chi connectivity index (χ0v) is 13.7. The minimum absolute atomic E-state index is 0.270. The maximum atomic E-state index is 4.40. The van der Waals surface area contributed by atoms with Gasteiger partial charge in [0, 0.05) is 22.8 Å². The van der Waals surface area contributed by atoms with Gasteiger partial charge in [-0.15, -0.1) is 0 Å². The first-order valence-electron chi connectivity index (χ1n) is 7.05. The quantitative estimate of drug-likeness (QED) is 0.913. The van der Waals surface area contributed by atoms with Gasteiger partial charge in [0.25, 0.3) is 0 Å². The summed E-state index contributed by atoms with van der Waals surface area (Å²) in [7, 11) is 4.41. The summed E-state index contributed by atoms with van der Waals surface area (Å²) in [5, 5.41) is 3.51. The Hall–Kier alpha value is -0.610. The van der Waals surface area contributed by atoms with Gasteiger partial charge in [-0.2, -0.15) is 0 Å². The van der Waals surface area contributed by atoms with Crippen molar-refractivity contribution in [1.29, 1.82) is 0 Å². The van der Waals surface area contributed by atoms with Gasteiger partial charge >= 0.3 is 0 Å². The summed E-state index contributed by atoms with van der Waals surface area (Å²) in [4.78, 5) is 6.79. The van der Waals surface area contributed by atoms with E-state index in [1.807, 2.05) is 18.3 Å². The largest absolute Gasteiger partial charge is 0.368 e. The molecule has 19 heavy (non-hydrogen) atoms. The van der Waals surface area contributed by atoms with E-state index < -0.39 is 0 Å². The molecule has 1 aromatic heterocycles. The molecule has 0 bridgehead atoms. The molecule has 0 aliphatic heterocycles. The fraction of sp³-hybridized carbons (Fsp3) is 0.667. The number of hydrogen-bond donors (Lipinski definition) is 1. The molecular weight excluding hydrogens is 302 g/mol. The molecule has 3 nitrogen and oxygen atoms in total. The standard InChI is InChI=1S/C15H24BrN3/c1-12-5-4-8-15(9-12,19(2)3)11-18-14-7-6-13(16)10-17-14/h6-7,10,12H,4-5,8-9,11H2,1-3H3,(H,17,18). The van der Waals surface area contributed by atoms with Crippen molar-refractivity contribution < 1.29 is 0 Å². The van der Waals surface area contributed by atoms with E-state index in [0.717, 1.165) is 22.8 Å². The smallest absolute Gasteiger partial charge is 0.126 e. The molecule has 1 saturated carbocycles. The number of rotatable bonds is 4. The highest BCUT2D eigenvalue weighted by atomic mass is 79.9. The lowest BCUT2D eigenvalue weighted by molar-refractivity contribution is 0.0881. The van der Waals surface area contributed by atoms with Crippen molar-refractivity contribution in [3.05, 3.63) is 22.8 Å². The summed E-state index contributed by atoms with van der Waals surface area (Å²) >= 11 is 3.42. The highest BCUT2D eigenvalue weighted by Gasteiger charge is 2.36. The number of anilines is 1. The molecule has 0 radical (unpaired) electrons. The topological polar surface area (TPSA) is 28.2 Å². The van der Waals surface area contributed by atoms with Crippen LogP contribution in [-0.4, -0.2) is 36.1 Å². The highest BCUT2D eigenvalue weighted by molar-refractivity contribution is 9.10. The maximum absolute atomic E-state index is 4.40. The first kappa shape index (κ1) is 14.8. The Bertz CT molecular complexity index is 404. The molecule has 1 heterocycles. The Balaban J connectivity index is 2.03. The van der Waals surface area contributed by atoms with Crippen LogP contribution >= 0.6 is 15.9 Å². The Kier molecular flexibility index (Phi) is 4.85. The van der Waals surface area contributed by atoms with E-state index in [4.69, 9.17) is 0 Å². The van der Waals surface area contributed by atoms with Crippen LogP contribution in [0.3, 0.4) is 0 Å². The molecular formula is C15H24BrN3. The van der Waals surface area contributed by atoms with Crippen molar-refractivity contribution in [3.63, 3.8) is 0 Å². The van der Waals surface area contributed by atoms with E-state index in [9.17, 15) is 0 Å². The van der Waals surface area contributed by atoms with E-state index in [2.05, 4.69) is 52.1 Å². The van der Waals surface area contributed by atoms with Gasteiger partial charge in [0.2, 0.25) is 0 Å². The van der Waals surface area contributed by atoms with Crippen LogP contribution in [0.5, 0.6) is 0 Å². The van der Waals surface area contributed by atoms with Crippen LogP contribution in [0.4, 0.5) is 5.82 Å². The van der Waals surface area contributed by atoms with E-state index in [1.165, 1.54) is 25.7 Å². The summed E-state index contributed by atoms with van der Waals surface area (Å²) < 4.78 is 1.02. The number of pyridine rings is 1. The van der Waals surface area contributed by atoms with Gasteiger partial charge < -0.3 is 10.2 Å². The van der Waals surface area contributed by atoms with Gasteiger partial charge in [-0.05, 0) is 60.9 Å². The van der Waals surface area contributed by atoms with E-state index in [0.29, 0.717) is 0 Å². The number of halogens is 1. The monoisotopic (exact) mass is 325 g/mol. The fourth-order valence-corrected chi connectivity index (χ4v) is 3.33. The van der Waals surface area contributed by atoms with E-state index in [1.54, 1.807) is 0 Å². The molecule has 106 valence electrons. The molecule has 1 aromatic rings.